The first-order valence-corrected chi connectivity index (χ1v) is 7.94. The minimum Gasteiger partial charge on any atom is -0.458 e. The smallest absolute Gasteiger partial charge is 0.412 e. The molecule has 118 valence electrons. The monoisotopic (exact) mass is 342 g/mol. The minimum absolute atomic E-state index is 0.0448. The molecule has 1 aliphatic rings. The third-order valence-corrected chi connectivity index (χ3v) is 4.86. The maximum atomic E-state index is 11.8. The molecular formula is C14H15ClN2O4S. The topological polar surface area (TPSA) is 81.5 Å². The van der Waals surface area contributed by atoms with E-state index in [9.17, 15) is 14.9 Å². The molecule has 1 aromatic rings. The molecule has 0 saturated carbocycles. The van der Waals surface area contributed by atoms with Crippen LogP contribution in [0.5, 0.6) is 0 Å². The van der Waals surface area contributed by atoms with Crippen LogP contribution in [0.1, 0.15) is 24.7 Å². The summed E-state index contributed by atoms with van der Waals surface area (Å²) in [7, 11) is 0. The van der Waals surface area contributed by atoms with Gasteiger partial charge in [0.05, 0.1) is 16.8 Å². The Morgan fingerprint density at radius 1 is 1.45 bits per heavy atom. The number of rotatable bonds is 4. The zero-order valence-electron chi connectivity index (χ0n) is 12.0. The quantitative estimate of drug-likeness (QED) is 0.392. The first kappa shape index (κ1) is 16.6. The summed E-state index contributed by atoms with van der Waals surface area (Å²) in [5.41, 5.74) is 0.436. The molecule has 1 heterocycles. The molecule has 1 aliphatic heterocycles. The van der Waals surface area contributed by atoms with Gasteiger partial charge in [-0.05, 0) is 31.5 Å². The van der Waals surface area contributed by atoms with E-state index in [0.29, 0.717) is 5.02 Å². The van der Waals surface area contributed by atoms with Gasteiger partial charge in [-0.2, -0.15) is 0 Å². The second-order valence-corrected chi connectivity index (χ2v) is 6.27. The Morgan fingerprint density at radius 3 is 2.64 bits per heavy atom. The van der Waals surface area contributed by atoms with E-state index in [4.69, 9.17) is 16.3 Å². The largest absolute Gasteiger partial charge is 0.458 e. The summed E-state index contributed by atoms with van der Waals surface area (Å²) in [5, 5.41) is 15.0. The summed E-state index contributed by atoms with van der Waals surface area (Å²) in [4.78, 5) is 22.2. The number of esters is 1. The first-order valence-electron chi connectivity index (χ1n) is 6.68. The van der Waals surface area contributed by atoms with Crippen molar-refractivity contribution in [3.63, 3.8) is 0 Å². The van der Waals surface area contributed by atoms with Crippen LogP contribution in [-0.2, 0) is 9.53 Å². The van der Waals surface area contributed by atoms with Gasteiger partial charge in [0.25, 0.3) is 0 Å². The number of ether oxygens (including phenoxy) is 1. The van der Waals surface area contributed by atoms with Crippen molar-refractivity contribution in [1.29, 1.82) is 0 Å². The van der Waals surface area contributed by atoms with Crippen molar-refractivity contribution >= 4 is 29.3 Å². The number of benzene rings is 1. The van der Waals surface area contributed by atoms with Crippen LogP contribution in [0, 0.1) is 10.1 Å². The number of nitro groups is 1. The standard InChI is InChI=1S/C14H15ClN2O4S/c1-3-21-14(18)11(17(19)20)13-16-8(2)12(22-13)9-4-6-10(15)7-5-9/h4-8,12,16H,3H2,1-2H3. The van der Waals surface area contributed by atoms with Gasteiger partial charge >= 0.3 is 11.7 Å². The molecule has 1 saturated heterocycles. The third kappa shape index (κ3) is 3.53. The Labute approximate surface area is 137 Å². The van der Waals surface area contributed by atoms with Crippen molar-refractivity contribution in [2.45, 2.75) is 25.1 Å². The number of carbonyl (C=O) groups excluding carboxylic acids is 1. The van der Waals surface area contributed by atoms with Crippen LogP contribution < -0.4 is 5.32 Å². The highest BCUT2D eigenvalue weighted by Gasteiger charge is 2.38. The molecule has 2 unspecified atom stereocenters. The fourth-order valence-electron chi connectivity index (χ4n) is 2.13. The molecular weight excluding hydrogens is 328 g/mol. The summed E-state index contributed by atoms with van der Waals surface area (Å²) in [6.45, 7) is 3.60. The van der Waals surface area contributed by atoms with Crippen LogP contribution in [0.15, 0.2) is 35.0 Å². The van der Waals surface area contributed by atoms with Gasteiger partial charge in [-0.25, -0.2) is 4.79 Å². The summed E-state index contributed by atoms with van der Waals surface area (Å²) < 4.78 is 4.76. The number of hydrogen-bond acceptors (Lipinski definition) is 6. The van der Waals surface area contributed by atoms with E-state index < -0.39 is 16.6 Å². The minimum atomic E-state index is -0.925. The number of nitrogens with one attached hydrogen (secondary N) is 1. The summed E-state index contributed by atoms with van der Waals surface area (Å²) in [6, 6.07) is 7.22. The zero-order valence-corrected chi connectivity index (χ0v) is 13.6. The van der Waals surface area contributed by atoms with Crippen LogP contribution in [0.4, 0.5) is 0 Å². The lowest BCUT2D eigenvalue weighted by Crippen LogP contribution is -2.25. The Kier molecular flexibility index (Phi) is 5.31. The molecule has 0 spiro atoms. The number of hydrogen-bond donors (Lipinski definition) is 1. The zero-order chi connectivity index (χ0) is 16.3. The molecule has 1 N–H and O–H groups in total. The summed E-state index contributed by atoms with van der Waals surface area (Å²) in [6.07, 6.45) is 0. The van der Waals surface area contributed by atoms with Crippen molar-refractivity contribution in [3.05, 3.63) is 55.7 Å². The van der Waals surface area contributed by atoms with Gasteiger partial charge in [-0.15, -0.1) is 0 Å². The van der Waals surface area contributed by atoms with E-state index in [1.165, 1.54) is 11.8 Å². The van der Waals surface area contributed by atoms with Crippen molar-refractivity contribution in [1.82, 2.24) is 5.32 Å². The van der Waals surface area contributed by atoms with E-state index in [0.717, 1.165) is 5.56 Å². The second-order valence-electron chi connectivity index (χ2n) is 4.68. The second kappa shape index (κ2) is 7.02. The van der Waals surface area contributed by atoms with Gasteiger partial charge in [-0.3, -0.25) is 10.1 Å². The molecule has 0 aliphatic carbocycles. The molecule has 22 heavy (non-hydrogen) atoms. The van der Waals surface area contributed by atoms with Crippen molar-refractivity contribution in [3.8, 4) is 0 Å². The van der Waals surface area contributed by atoms with Gasteiger partial charge in [-0.1, -0.05) is 35.5 Å². The van der Waals surface area contributed by atoms with Crippen LogP contribution in [0.2, 0.25) is 5.02 Å². The normalized spacial score (nSPS) is 22.9. The van der Waals surface area contributed by atoms with E-state index in [2.05, 4.69) is 5.32 Å². The molecule has 2 atom stereocenters. The van der Waals surface area contributed by atoms with E-state index in [1.807, 2.05) is 19.1 Å². The average molecular weight is 343 g/mol. The van der Waals surface area contributed by atoms with E-state index >= 15 is 0 Å². The van der Waals surface area contributed by atoms with Crippen LogP contribution in [0.3, 0.4) is 0 Å². The van der Waals surface area contributed by atoms with Crippen LogP contribution in [0.25, 0.3) is 0 Å². The van der Waals surface area contributed by atoms with Gasteiger partial charge in [0.15, 0.2) is 5.03 Å². The Hall–Kier alpha value is -1.73. The van der Waals surface area contributed by atoms with Crippen molar-refractivity contribution in [2.24, 2.45) is 0 Å². The Morgan fingerprint density at radius 2 is 2.09 bits per heavy atom. The number of carbonyl (C=O) groups is 1. The maximum Gasteiger partial charge on any atom is 0.412 e. The van der Waals surface area contributed by atoms with Gasteiger partial charge in [0.2, 0.25) is 0 Å². The highest BCUT2D eigenvalue weighted by atomic mass is 35.5. The molecule has 6 nitrogen and oxygen atoms in total. The molecule has 8 heteroatoms. The Balaban J connectivity index is 2.31. The number of halogens is 1. The van der Waals surface area contributed by atoms with Crippen molar-refractivity contribution < 1.29 is 14.5 Å². The van der Waals surface area contributed by atoms with Gasteiger partial charge in [0.1, 0.15) is 0 Å². The molecule has 1 fully saturated rings. The van der Waals surface area contributed by atoms with E-state index in [-0.39, 0.29) is 22.9 Å². The van der Waals surface area contributed by atoms with E-state index in [1.54, 1.807) is 19.1 Å². The molecule has 0 bridgehead atoms. The summed E-state index contributed by atoms with van der Waals surface area (Å²) in [5.74, 6) is -0.925. The van der Waals surface area contributed by atoms with Gasteiger partial charge < -0.3 is 10.1 Å². The first-order chi connectivity index (χ1) is 10.4. The van der Waals surface area contributed by atoms with Crippen molar-refractivity contribution in [2.75, 3.05) is 6.61 Å². The van der Waals surface area contributed by atoms with Crippen LogP contribution in [-0.4, -0.2) is 23.5 Å². The highest BCUT2D eigenvalue weighted by molar-refractivity contribution is 8.03. The maximum absolute atomic E-state index is 11.8. The predicted octanol–water partition coefficient (Wildman–Crippen LogP) is 3.11. The van der Waals surface area contributed by atoms with Crippen LogP contribution >= 0.6 is 23.4 Å². The molecule has 0 aromatic heterocycles. The lowest BCUT2D eigenvalue weighted by Gasteiger charge is -2.13. The SMILES string of the molecule is CCOC(=O)C(=C1NC(C)C(c2ccc(Cl)cc2)S1)[N+](=O)[O-]. The fourth-order valence-corrected chi connectivity index (χ4v) is 3.60. The number of thioether (sulfide) groups is 1. The predicted molar refractivity (Wildman–Crippen MR) is 85.0 cm³/mol. The third-order valence-electron chi connectivity index (χ3n) is 3.12. The molecule has 2 rings (SSSR count). The highest BCUT2D eigenvalue weighted by Crippen LogP contribution is 2.43. The number of nitrogens with zero attached hydrogens (tertiary/aromatic N) is 1. The lowest BCUT2D eigenvalue weighted by atomic mass is 10.1. The van der Waals surface area contributed by atoms with Gasteiger partial charge in [0, 0.05) is 11.1 Å². The molecule has 0 radical (unpaired) electrons. The average Bonchev–Trinajstić information content (AvgIpc) is 2.81. The molecule has 1 aromatic carbocycles. The summed E-state index contributed by atoms with van der Waals surface area (Å²) >= 11 is 7.12. The lowest BCUT2D eigenvalue weighted by molar-refractivity contribution is -0.422. The Bertz CT molecular complexity index is 618. The fraction of sp³-hybridized carbons (Fsp3) is 0.357. The molecule has 0 amide bonds.